The smallest absolute Gasteiger partial charge is 0.235 e. The molecule has 2 heterocycles. The summed E-state index contributed by atoms with van der Waals surface area (Å²) in [5, 5.41) is 12.3. The van der Waals surface area contributed by atoms with Crippen molar-refractivity contribution in [3.63, 3.8) is 0 Å². The second kappa shape index (κ2) is 7.54. The minimum Gasteiger partial charge on any atom is -0.337 e. The van der Waals surface area contributed by atoms with Gasteiger partial charge >= 0.3 is 0 Å². The van der Waals surface area contributed by atoms with Gasteiger partial charge in [0.15, 0.2) is 0 Å². The van der Waals surface area contributed by atoms with E-state index >= 15 is 0 Å². The number of nitrogens with zero attached hydrogens (tertiary/aromatic N) is 5. The van der Waals surface area contributed by atoms with Gasteiger partial charge in [-0.05, 0) is 32.6 Å². The molecule has 1 aliphatic carbocycles. The van der Waals surface area contributed by atoms with Crippen LogP contribution in [0.3, 0.4) is 0 Å². The number of amides is 1. The average Bonchev–Trinajstić information content (AvgIpc) is 3.37. The molecular formula is C18H28N6O. The zero-order valence-corrected chi connectivity index (χ0v) is 15.2. The Morgan fingerprint density at radius 3 is 2.64 bits per heavy atom. The Labute approximate surface area is 149 Å². The number of nitrogens with one attached hydrogen (secondary N) is 1. The molecule has 3 rings (SSSR count). The second-order valence-electron chi connectivity index (χ2n) is 7.32. The van der Waals surface area contributed by atoms with Gasteiger partial charge in [-0.3, -0.25) is 14.6 Å². The Bertz CT molecular complexity index is 638. The predicted molar refractivity (Wildman–Crippen MR) is 94.5 cm³/mol. The minimum absolute atomic E-state index is 0.0362. The van der Waals surface area contributed by atoms with Crippen LogP contribution < -0.4 is 5.32 Å². The van der Waals surface area contributed by atoms with Crippen LogP contribution in [0.2, 0.25) is 0 Å². The molecule has 7 nitrogen and oxygen atoms in total. The summed E-state index contributed by atoms with van der Waals surface area (Å²) in [7, 11) is 0. The van der Waals surface area contributed by atoms with Gasteiger partial charge in [0.2, 0.25) is 5.91 Å². The molecule has 136 valence electrons. The first-order chi connectivity index (χ1) is 12.0. The fourth-order valence-electron chi connectivity index (χ4n) is 3.50. The van der Waals surface area contributed by atoms with E-state index in [1.807, 2.05) is 19.3 Å². The molecule has 1 atom stereocenters. The largest absolute Gasteiger partial charge is 0.337 e. The van der Waals surface area contributed by atoms with Gasteiger partial charge in [-0.15, -0.1) is 0 Å². The highest BCUT2D eigenvalue weighted by atomic mass is 16.2. The van der Waals surface area contributed by atoms with E-state index < -0.39 is 5.54 Å². The van der Waals surface area contributed by atoms with E-state index in [-0.39, 0.29) is 5.91 Å². The second-order valence-corrected chi connectivity index (χ2v) is 7.32. The molecule has 25 heavy (non-hydrogen) atoms. The maximum Gasteiger partial charge on any atom is 0.235 e. The summed E-state index contributed by atoms with van der Waals surface area (Å²) in [6.07, 6.45) is 5.94. The molecule has 1 saturated heterocycles. The third-order valence-electron chi connectivity index (χ3n) is 5.36. The lowest BCUT2D eigenvalue weighted by atomic mass is 9.98. The fraction of sp³-hybridized carbons (Fsp3) is 0.722. The van der Waals surface area contributed by atoms with E-state index in [4.69, 9.17) is 0 Å². The first-order valence-electron chi connectivity index (χ1n) is 9.21. The first-order valence-corrected chi connectivity index (χ1v) is 9.21. The monoisotopic (exact) mass is 344 g/mol. The Morgan fingerprint density at radius 1 is 1.36 bits per heavy atom. The summed E-state index contributed by atoms with van der Waals surface area (Å²) in [4.78, 5) is 21.3. The number of hydrogen-bond donors (Lipinski definition) is 1. The number of nitriles is 1. The number of aryl methyl sites for hydroxylation is 1. The topological polar surface area (TPSA) is 77.2 Å². The number of hydrogen-bond acceptors (Lipinski definition) is 5. The first kappa shape index (κ1) is 17.9. The van der Waals surface area contributed by atoms with E-state index in [1.165, 1.54) is 0 Å². The van der Waals surface area contributed by atoms with Crippen LogP contribution in [0, 0.1) is 17.2 Å². The van der Waals surface area contributed by atoms with E-state index in [0.717, 1.165) is 57.9 Å². The highest BCUT2D eigenvalue weighted by Gasteiger charge is 2.43. The molecule has 1 aromatic heterocycles. The maximum absolute atomic E-state index is 12.3. The van der Waals surface area contributed by atoms with Crippen molar-refractivity contribution in [3.05, 3.63) is 18.2 Å². The van der Waals surface area contributed by atoms with Crippen molar-refractivity contribution in [2.24, 2.45) is 5.92 Å². The van der Waals surface area contributed by atoms with Crippen LogP contribution in [-0.4, -0.2) is 63.5 Å². The van der Waals surface area contributed by atoms with Gasteiger partial charge in [0.1, 0.15) is 11.4 Å². The molecule has 0 spiro atoms. The number of aromatic nitrogens is 2. The van der Waals surface area contributed by atoms with Crippen LogP contribution in [0.1, 0.15) is 32.5 Å². The zero-order valence-electron chi connectivity index (χ0n) is 15.2. The lowest BCUT2D eigenvalue weighted by Gasteiger charge is -2.34. The molecule has 0 bridgehead atoms. The Kier molecular flexibility index (Phi) is 5.40. The number of piperazine rings is 1. The summed E-state index contributed by atoms with van der Waals surface area (Å²) in [6.45, 7) is 9.74. The third-order valence-corrected chi connectivity index (χ3v) is 5.36. The number of imidazole rings is 1. The molecule has 0 radical (unpaired) electrons. The van der Waals surface area contributed by atoms with Crippen LogP contribution in [0.4, 0.5) is 0 Å². The van der Waals surface area contributed by atoms with Crippen molar-refractivity contribution >= 4 is 5.91 Å². The molecule has 7 heteroatoms. The molecule has 1 N–H and O–H groups in total. The maximum atomic E-state index is 12.3. The zero-order chi connectivity index (χ0) is 17.9. The predicted octanol–water partition coefficient (Wildman–Crippen LogP) is 0.829. The Morgan fingerprint density at radius 2 is 2.04 bits per heavy atom. The normalized spacial score (nSPS) is 21.5. The van der Waals surface area contributed by atoms with Crippen LogP contribution in [-0.2, 0) is 17.9 Å². The van der Waals surface area contributed by atoms with Crippen LogP contribution >= 0.6 is 0 Å². The van der Waals surface area contributed by atoms with Crippen molar-refractivity contribution in [3.8, 4) is 6.07 Å². The molecule has 0 unspecified atom stereocenters. The van der Waals surface area contributed by atoms with Crippen molar-refractivity contribution in [2.75, 3.05) is 32.7 Å². The summed E-state index contributed by atoms with van der Waals surface area (Å²) in [5.41, 5.74) is -0.698. The minimum atomic E-state index is -0.698. The number of carbonyl (C=O) groups is 1. The average molecular weight is 344 g/mol. The molecule has 2 fully saturated rings. The Balaban J connectivity index is 1.43. The third kappa shape index (κ3) is 4.39. The standard InChI is InChI=1S/C18H28N6O/c1-3-24-7-6-20-16(24)12-22-8-10-23(11-9-22)13-17(25)21-18(2,14-19)15-4-5-15/h6-7,15H,3-5,8-13H2,1-2H3,(H,21,25)/t18-/m1/s1. The summed E-state index contributed by atoms with van der Waals surface area (Å²) >= 11 is 0. The molecule has 1 saturated carbocycles. The van der Waals surface area contributed by atoms with E-state index in [0.29, 0.717) is 12.5 Å². The van der Waals surface area contributed by atoms with Crippen molar-refractivity contribution in [1.82, 2.24) is 24.7 Å². The summed E-state index contributed by atoms with van der Waals surface area (Å²) in [5.74, 6) is 1.38. The van der Waals surface area contributed by atoms with Crippen molar-refractivity contribution < 1.29 is 4.79 Å². The molecule has 0 aromatic carbocycles. The SMILES string of the molecule is CCn1ccnc1CN1CCN(CC(=O)N[C@](C)(C#N)C2CC2)CC1. The lowest BCUT2D eigenvalue weighted by Crippen LogP contribution is -2.53. The van der Waals surface area contributed by atoms with Gasteiger partial charge in [-0.1, -0.05) is 0 Å². The van der Waals surface area contributed by atoms with Gasteiger partial charge in [0.25, 0.3) is 0 Å². The van der Waals surface area contributed by atoms with Gasteiger partial charge in [-0.25, -0.2) is 4.98 Å². The molecule has 1 amide bonds. The van der Waals surface area contributed by atoms with Gasteiger partial charge in [-0.2, -0.15) is 5.26 Å². The van der Waals surface area contributed by atoms with E-state index in [9.17, 15) is 10.1 Å². The highest BCUT2D eigenvalue weighted by Crippen LogP contribution is 2.39. The molecular weight excluding hydrogens is 316 g/mol. The van der Waals surface area contributed by atoms with Crippen LogP contribution in [0.25, 0.3) is 0 Å². The van der Waals surface area contributed by atoms with E-state index in [2.05, 4.69) is 37.7 Å². The van der Waals surface area contributed by atoms with Crippen molar-refractivity contribution in [1.29, 1.82) is 5.26 Å². The lowest BCUT2D eigenvalue weighted by molar-refractivity contribution is -0.124. The quantitative estimate of drug-likeness (QED) is 0.793. The number of carbonyl (C=O) groups excluding carboxylic acids is 1. The number of rotatable bonds is 7. The van der Waals surface area contributed by atoms with Gasteiger partial charge < -0.3 is 9.88 Å². The van der Waals surface area contributed by atoms with Crippen LogP contribution in [0.15, 0.2) is 12.4 Å². The fourth-order valence-corrected chi connectivity index (χ4v) is 3.50. The molecule has 2 aliphatic rings. The van der Waals surface area contributed by atoms with Crippen LogP contribution in [0.5, 0.6) is 0 Å². The molecule has 1 aromatic rings. The summed E-state index contributed by atoms with van der Waals surface area (Å²) in [6, 6.07) is 2.28. The van der Waals surface area contributed by atoms with Crippen molar-refractivity contribution in [2.45, 2.75) is 45.3 Å². The Hall–Kier alpha value is -1.91. The van der Waals surface area contributed by atoms with Gasteiger partial charge in [0.05, 0.1) is 19.2 Å². The molecule has 1 aliphatic heterocycles. The van der Waals surface area contributed by atoms with Gasteiger partial charge in [0, 0.05) is 45.1 Å². The highest BCUT2D eigenvalue weighted by molar-refractivity contribution is 5.79. The van der Waals surface area contributed by atoms with E-state index in [1.54, 1.807) is 0 Å². The summed E-state index contributed by atoms with van der Waals surface area (Å²) < 4.78 is 2.17.